The van der Waals surface area contributed by atoms with E-state index in [2.05, 4.69) is 0 Å². The number of halogens is 1. The Morgan fingerprint density at radius 2 is 1.92 bits per heavy atom. The summed E-state index contributed by atoms with van der Waals surface area (Å²) in [6.07, 6.45) is -4.42. The molecule has 2 heterocycles. The van der Waals surface area contributed by atoms with Crippen LogP contribution in [0.2, 0.25) is 0 Å². The zero-order valence-electron chi connectivity index (χ0n) is 20.3. The number of hydrogen-bond acceptors (Lipinski definition) is 9. The van der Waals surface area contributed by atoms with Crippen LogP contribution in [0.4, 0.5) is 4.39 Å². The summed E-state index contributed by atoms with van der Waals surface area (Å²) in [6.45, 7) is 5.32. The number of rotatable bonds is 10. The fourth-order valence-corrected chi connectivity index (χ4v) is 5.54. The molecule has 6 atom stereocenters. The zero-order chi connectivity index (χ0) is 26.7. The number of H-pyrrole nitrogens is 1. The average Bonchev–Trinajstić information content (AvgIpc) is 3.01. The van der Waals surface area contributed by atoms with Crippen molar-refractivity contribution in [2.45, 2.75) is 57.9 Å². The number of nitrogens with one attached hydrogen (secondary N) is 1. The quantitative estimate of drug-likeness (QED) is 0.351. The van der Waals surface area contributed by atoms with Gasteiger partial charge in [0.15, 0.2) is 11.9 Å². The van der Waals surface area contributed by atoms with Crippen LogP contribution >= 0.6 is 7.60 Å². The van der Waals surface area contributed by atoms with Crippen LogP contribution < -0.4 is 15.8 Å². The van der Waals surface area contributed by atoms with Crippen molar-refractivity contribution in [2.75, 3.05) is 12.8 Å². The number of carbonyl (C=O) groups excluding carboxylic acids is 1. The van der Waals surface area contributed by atoms with Gasteiger partial charge in [0.2, 0.25) is 0 Å². The largest absolute Gasteiger partial charge is 0.463 e. The summed E-state index contributed by atoms with van der Waals surface area (Å²) >= 11 is 0. The van der Waals surface area contributed by atoms with Gasteiger partial charge in [-0.05, 0) is 32.9 Å². The van der Waals surface area contributed by atoms with E-state index in [0.29, 0.717) is 0 Å². The number of alkyl halides is 1. The first-order valence-electron chi connectivity index (χ1n) is 11.3. The molecule has 2 aromatic rings. The first kappa shape index (κ1) is 27.8. The minimum Gasteiger partial charge on any atom is -0.463 e. The van der Waals surface area contributed by atoms with Crippen LogP contribution in [0.5, 0.6) is 5.75 Å². The fraction of sp³-hybridized carbons (Fsp3) is 0.522. The van der Waals surface area contributed by atoms with Gasteiger partial charge in [0.1, 0.15) is 18.0 Å². The topological polar surface area (TPSA) is 146 Å². The van der Waals surface area contributed by atoms with Crippen LogP contribution in [0.1, 0.15) is 33.9 Å². The smallest absolute Gasteiger partial charge is 0.380 e. The maximum atomic E-state index is 15.4. The summed E-state index contributed by atoms with van der Waals surface area (Å²) in [7, 11) is -4.05. The van der Waals surface area contributed by atoms with E-state index < -0.39 is 61.4 Å². The van der Waals surface area contributed by atoms with Crippen molar-refractivity contribution < 1.29 is 37.4 Å². The Morgan fingerprint density at radius 3 is 2.53 bits per heavy atom. The van der Waals surface area contributed by atoms with Crippen molar-refractivity contribution >= 4 is 13.6 Å². The van der Waals surface area contributed by atoms with Gasteiger partial charge in [-0.15, -0.1) is 0 Å². The molecule has 3 rings (SSSR count). The lowest BCUT2D eigenvalue weighted by atomic mass is 9.98. The van der Waals surface area contributed by atoms with Crippen molar-refractivity contribution in [3.8, 4) is 5.75 Å². The minimum absolute atomic E-state index is 0.214. The Morgan fingerprint density at radius 1 is 1.25 bits per heavy atom. The predicted molar refractivity (Wildman–Crippen MR) is 127 cm³/mol. The number of benzene rings is 1. The van der Waals surface area contributed by atoms with E-state index in [0.717, 1.165) is 23.8 Å². The Kier molecular flexibility index (Phi) is 8.55. The van der Waals surface area contributed by atoms with E-state index in [1.54, 1.807) is 44.2 Å². The van der Waals surface area contributed by atoms with E-state index in [1.807, 2.05) is 4.98 Å². The van der Waals surface area contributed by atoms with Gasteiger partial charge < -0.3 is 19.1 Å². The van der Waals surface area contributed by atoms with E-state index in [-0.39, 0.29) is 18.0 Å². The number of ether oxygens (including phenoxy) is 2. The van der Waals surface area contributed by atoms with Crippen LogP contribution in [-0.2, 0) is 23.4 Å². The lowest BCUT2D eigenvalue weighted by Crippen LogP contribution is -2.43. The molecular formula is C23H30FN2O9P. The first-order chi connectivity index (χ1) is 16.8. The fourth-order valence-electron chi connectivity index (χ4n) is 3.67. The third-order valence-electron chi connectivity index (χ3n) is 5.50. The van der Waals surface area contributed by atoms with Crippen LogP contribution in [0.15, 0.2) is 52.2 Å². The van der Waals surface area contributed by atoms with Crippen LogP contribution in [0, 0.1) is 5.92 Å². The van der Waals surface area contributed by atoms with Gasteiger partial charge in [0, 0.05) is 12.3 Å². The molecule has 1 aromatic heterocycles. The molecule has 1 aliphatic rings. The van der Waals surface area contributed by atoms with Crippen molar-refractivity contribution in [2.24, 2.45) is 5.92 Å². The number of carbonyl (C=O) groups is 1. The first-order valence-corrected chi connectivity index (χ1v) is 13.1. The predicted octanol–water partition coefficient (Wildman–Crippen LogP) is 2.40. The van der Waals surface area contributed by atoms with Crippen molar-refractivity contribution in [1.82, 2.24) is 9.55 Å². The van der Waals surface area contributed by atoms with E-state index >= 15 is 4.39 Å². The highest BCUT2D eigenvalue weighted by atomic mass is 31.2. The molecular weight excluding hydrogens is 498 g/mol. The van der Waals surface area contributed by atoms with Gasteiger partial charge in [-0.2, -0.15) is 0 Å². The second-order valence-corrected chi connectivity index (χ2v) is 11.0. The molecule has 11 nitrogen and oxygen atoms in total. The third kappa shape index (κ3) is 6.50. The van der Waals surface area contributed by atoms with E-state index in [1.165, 1.54) is 6.92 Å². The molecule has 0 radical (unpaired) electrons. The van der Waals surface area contributed by atoms with Crippen LogP contribution in [0.25, 0.3) is 0 Å². The van der Waals surface area contributed by atoms with Gasteiger partial charge in [-0.3, -0.25) is 23.7 Å². The molecule has 2 N–H and O–H groups in total. The highest BCUT2D eigenvalue weighted by Gasteiger charge is 2.55. The van der Waals surface area contributed by atoms with Crippen LogP contribution in [-0.4, -0.2) is 57.4 Å². The number of esters is 1. The molecule has 198 valence electrons. The second-order valence-electron chi connectivity index (χ2n) is 9.02. The van der Waals surface area contributed by atoms with Gasteiger partial charge in [0.05, 0.1) is 24.8 Å². The molecule has 2 unspecified atom stereocenters. The standard InChI is InChI=1S/C23H30FN2O9P/c1-14(2)33-20(29)15(3)13-36(31,35-16-8-6-5-7-9-16)32-12-17-19(28)23(4,24)21(34-17)26-11-10-18(27)25-22(26)30/h5-11,14-15,17,19,21,28H,12-13H2,1-4H3,(H,25,27,30)/t15-,17-,19+,21-,23?,36?/m1/s1. The maximum absolute atomic E-state index is 15.4. The van der Waals surface area contributed by atoms with E-state index in [9.17, 15) is 24.1 Å². The zero-order valence-corrected chi connectivity index (χ0v) is 21.2. The summed E-state index contributed by atoms with van der Waals surface area (Å²) in [5, 5.41) is 10.6. The third-order valence-corrected chi connectivity index (χ3v) is 7.52. The Hall–Kier alpha value is -2.79. The molecule has 0 aliphatic carbocycles. The summed E-state index contributed by atoms with van der Waals surface area (Å²) < 4.78 is 51.8. The molecule has 36 heavy (non-hydrogen) atoms. The lowest BCUT2D eigenvalue weighted by Gasteiger charge is -2.25. The summed E-state index contributed by atoms with van der Waals surface area (Å²) in [4.78, 5) is 37.8. The van der Waals surface area contributed by atoms with Crippen molar-refractivity contribution in [3.63, 3.8) is 0 Å². The maximum Gasteiger partial charge on any atom is 0.380 e. The monoisotopic (exact) mass is 528 g/mol. The molecule has 1 aliphatic heterocycles. The second kappa shape index (κ2) is 11.1. The molecule has 1 saturated heterocycles. The van der Waals surface area contributed by atoms with Gasteiger partial charge in [-0.1, -0.05) is 25.1 Å². The highest BCUT2D eigenvalue weighted by Crippen LogP contribution is 2.51. The minimum atomic E-state index is -4.05. The highest BCUT2D eigenvalue weighted by molar-refractivity contribution is 7.54. The van der Waals surface area contributed by atoms with Crippen molar-refractivity contribution in [1.29, 1.82) is 0 Å². The number of para-hydroxylation sites is 1. The Labute approximate surface area is 206 Å². The van der Waals surface area contributed by atoms with E-state index in [4.69, 9.17) is 18.5 Å². The number of aromatic nitrogens is 2. The lowest BCUT2D eigenvalue weighted by molar-refractivity contribution is -0.151. The number of aliphatic hydroxyl groups is 1. The molecule has 13 heteroatoms. The molecule has 0 spiro atoms. The number of aliphatic hydroxyl groups excluding tert-OH is 1. The molecule has 1 fully saturated rings. The Bertz CT molecular complexity index is 1210. The number of nitrogens with zero attached hydrogens (tertiary/aromatic N) is 1. The molecule has 0 bridgehead atoms. The van der Waals surface area contributed by atoms with Crippen molar-refractivity contribution in [3.05, 3.63) is 63.4 Å². The summed E-state index contributed by atoms with van der Waals surface area (Å²) in [6, 6.07) is 9.14. The van der Waals surface area contributed by atoms with Crippen LogP contribution in [0.3, 0.4) is 0 Å². The number of hydrogen-bond donors (Lipinski definition) is 2. The normalized spacial score (nSPS) is 26.4. The molecule has 0 amide bonds. The Balaban J connectivity index is 1.80. The molecule has 1 aromatic carbocycles. The molecule has 0 saturated carbocycles. The SMILES string of the molecule is CC(C)OC(=O)[C@H](C)CP(=O)(OC[C@H]1O[C@@H](n2ccc(=O)[nH]c2=O)C(C)(F)[C@H]1O)Oc1ccccc1. The average molecular weight is 528 g/mol. The summed E-state index contributed by atoms with van der Waals surface area (Å²) in [5.74, 6) is -1.25. The summed E-state index contributed by atoms with van der Waals surface area (Å²) in [5.41, 5.74) is -4.07. The number of aromatic amines is 1. The van der Waals surface area contributed by atoms with Gasteiger partial charge in [0.25, 0.3) is 5.56 Å². The van der Waals surface area contributed by atoms with Gasteiger partial charge in [-0.25, -0.2) is 13.8 Å². The van der Waals surface area contributed by atoms with Gasteiger partial charge >= 0.3 is 19.3 Å².